The van der Waals surface area contributed by atoms with Gasteiger partial charge in [-0.15, -0.1) is 0 Å². The van der Waals surface area contributed by atoms with Crippen molar-refractivity contribution >= 4 is 26.0 Å². The molecule has 0 saturated carbocycles. The van der Waals surface area contributed by atoms with Crippen LogP contribution in [0.4, 0.5) is 4.39 Å². The first-order valence-corrected chi connectivity index (χ1v) is 7.26. The number of hydrogen-bond donors (Lipinski definition) is 2. The Labute approximate surface area is 113 Å². The van der Waals surface area contributed by atoms with Gasteiger partial charge in [-0.1, -0.05) is 15.9 Å². The van der Waals surface area contributed by atoms with E-state index in [1.54, 1.807) is 0 Å². The number of nitrogens with one attached hydrogen (secondary N) is 1. The number of halogens is 2. The highest BCUT2D eigenvalue weighted by atomic mass is 79.9. The number of aliphatic hydroxyl groups is 1. The second-order valence-electron chi connectivity index (χ2n) is 3.54. The molecule has 0 spiro atoms. The maximum absolute atomic E-state index is 13.5. The molecule has 0 fully saturated rings. The van der Waals surface area contributed by atoms with Gasteiger partial charge in [-0.05, 0) is 18.2 Å². The Morgan fingerprint density at radius 2 is 2.22 bits per heavy atom. The molecule has 102 valence electrons. The fourth-order valence-electron chi connectivity index (χ4n) is 1.23. The van der Waals surface area contributed by atoms with Gasteiger partial charge in [0, 0.05) is 18.1 Å². The standard InChI is InChI=1S/C10H13BrFNO4S/c1-17-6-8(14)5-13-18(15,16)10-3-2-7(11)4-9(10)12/h2-4,8,13-14H,5-6H2,1H3. The molecule has 1 rings (SSSR count). The molecule has 1 unspecified atom stereocenters. The molecular formula is C10H13BrFNO4S. The third-order valence-electron chi connectivity index (χ3n) is 2.05. The Balaban J connectivity index is 2.80. The normalized spacial score (nSPS) is 13.6. The second-order valence-corrected chi connectivity index (χ2v) is 6.19. The summed E-state index contributed by atoms with van der Waals surface area (Å²) in [6.45, 7) is -0.253. The van der Waals surface area contributed by atoms with Crippen LogP contribution in [0.1, 0.15) is 0 Å². The molecule has 0 aliphatic heterocycles. The molecular weight excluding hydrogens is 329 g/mol. The van der Waals surface area contributed by atoms with Crippen LogP contribution < -0.4 is 4.72 Å². The van der Waals surface area contributed by atoms with E-state index in [1.165, 1.54) is 13.2 Å². The van der Waals surface area contributed by atoms with Crippen molar-refractivity contribution in [3.63, 3.8) is 0 Å². The molecule has 0 bridgehead atoms. The molecule has 8 heteroatoms. The lowest BCUT2D eigenvalue weighted by Crippen LogP contribution is -2.34. The molecule has 0 heterocycles. The van der Waals surface area contributed by atoms with Crippen molar-refractivity contribution in [2.75, 3.05) is 20.3 Å². The second kappa shape index (κ2) is 6.58. The summed E-state index contributed by atoms with van der Waals surface area (Å²) in [6.07, 6.45) is -0.983. The summed E-state index contributed by atoms with van der Waals surface area (Å²) >= 11 is 3.03. The van der Waals surface area contributed by atoms with Crippen LogP contribution in [0.2, 0.25) is 0 Å². The van der Waals surface area contributed by atoms with Gasteiger partial charge in [0.1, 0.15) is 10.7 Å². The van der Waals surface area contributed by atoms with E-state index in [0.717, 1.165) is 12.1 Å². The van der Waals surface area contributed by atoms with Gasteiger partial charge < -0.3 is 9.84 Å². The molecule has 0 aliphatic rings. The fraction of sp³-hybridized carbons (Fsp3) is 0.400. The smallest absolute Gasteiger partial charge is 0.243 e. The molecule has 0 aliphatic carbocycles. The van der Waals surface area contributed by atoms with Crippen molar-refractivity contribution in [1.82, 2.24) is 4.72 Å². The van der Waals surface area contributed by atoms with E-state index in [0.29, 0.717) is 4.47 Å². The fourth-order valence-corrected chi connectivity index (χ4v) is 2.69. The average molecular weight is 342 g/mol. The van der Waals surface area contributed by atoms with Crippen LogP contribution in [0.15, 0.2) is 27.6 Å². The Morgan fingerprint density at radius 3 is 2.78 bits per heavy atom. The van der Waals surface area contributed by atoms with Crippen molar-refractivity contribution in [1.29, 1.82) is 0 Å². The van der Waals surface area contributed by atoms with Crippen LogP contribution in [-0.2, 0) is 14.8 Å². The zero-order chi connectivity index (χ0) is 13.8. The molecule has 0 aromatic heterocycles. The van der Waals surface area contributed by atoms with E-state index in [9.17, 15) is 17.9 Å². The number of aliphatic hydroxyl groups excluding tert-OH is 1. The SMILES string of the molecule is COCC(O)CNS(=O)(=O)c1ccc(Br)cc1F. The summed E-state index contributed by atoms with van der Waals surface area (Å²) in [6, 6.07) is 3.62. The summed E-state index contributed by atoms with van der Waals surface area (Å²) in [7, 11) is -2.60. The van der Waals surface area contributed by atoms with E-state index < -0.39 is 26.8 Å². The monoisotopic (exact) mass is 341 g/mol. The van der Waals surface area contributed by atoms with Crippen LogP contribution in [0.25, 0.3) is 0 Å². The summed E-state index contributed by atoms with van der Waals surface area (Å²) in [4.78, 5) is -0.463. The molecule has 5 nitrogen and oxygen atoms in total. The van der Waals surface area contributed by atoms with Gasteiger partial charge >= 0.3 is 0 Å². The first kappa shape index (κ1) is 15.5. The molecule has 1 aromatic carbocycles. The highest BCUT2D eigenvalue weighted by Gasteiger charge is 2.20. The number of ether oxygens (including phenoxy) is 1. The van der Waals surface area contributed by atoms with Gasteiger partial charge in [0.2, 0.25) is 10.0 Å². The maximum Gasteiger partial charge on any atom is 0.243 e. The highest BCUT2D eigenvalue weighted by molar-refractivity contribution is 9.10. The molecule has 1 atom stereocenters. The van der Waals surface area contributed by atoms with Gasteiger partial charge in [0.25, 0.3) is 0 Å². The van der Waals surface area contributed by atoms with Crippen LogP contribution in [0.5, 0.6) is 0 Å². The van der Waals surface area contributed by atoms with Crippen LogP contribution in [0.3, 0.4) is 0 Å². The van der Waals surface area contributed by atoms with E-state index >= 15 is 0 Å². The Morgan fingerprint density at radius 1 is 1.56 bits per heavy atom. The summed E-state index contributed by atoms with van der Waals surface area (Å²) in [5.74, 6) is -0.863. The van der Waals surface area contributed by atoms with Crippen molar-refractivity contribution in [2.45, 2.75) is 11.0 Å². The summed E-state index contributed by atoms with van der Waals surface area (Å²) in [5, 5.41) is 9.32. The Kier molecular flexibility index (Phi) is 5.67. The molecule has 0 radical (unpaired) electrons. The van der Waals surface area contributed by atoms with Crippen molar-refractivity contribution in [2.24, 2.45) is 0 Å². The minimum absolute atomic E-state index is 0.00859. The molecule has 2 N–H and O–H groups in total. The van der Waals surface area contributed by atoms with Crippen molar-refractivity contribution < 1.29 is 22.7 Å². The number of hydrogen-bond acceptors (Lipinski definition) is 4. The van der Waals surface area contributed by atoms with Gasteiger partial charge in [0.05, 0.1) is 12.7 Å². The molecule has 1 aromatic rings. The lowest BCUT2D eigenvalue weighted by atomic mass is 10.3. The topological polar surface area (TPSA) is 75.6 Å². The molecule has 0 saturated heterocycles. The molecule has 18 heavy (non-hydrogen) atoms. The first-order chi connectivity index (χ1) is 8.36. The molecule has 0 amide bonds. The van der Waals surface area contributed by atoms with E-state index in [2.05, 4.69) is 25.4 Å². The Hall–Kier alpha value is -0.540. The van der Waals surface area contributed by atoms with Gasteiger partial charge in [0.15, 0.2) is 0 Å². The zero-order valence-corrected chi connectivity index (χ0v) is 12.0. The largest absolute Gasteiger partial charge is 0.389 e. The van der Waals surface area contributed by atoms with E-state index in [4.69, 9.17) is 0 Å². The summed E-state index contributed by atoms with van der Waals surface area (Å²) < 4.78 is 44.2. The average Bonchev–Trinajstić information content (AvgIpc) is 2.26. The van der Waals surface area contributed by atoms with Crippen molar-refractivity contribution in [3.8, 4) is 0 Å². The van der Waals surface area contributed by atoms with E-state index in [-0.39, 0.29) is 13.2 Å². The number of sulfonamides is 1. The van der Waals surface area contributed by atoms with Crippen LogP contribution in [-0.4, -0.2) is 39.9 Å². The maximum atomic E-state index is 13.5. The first-order valence-electron chi connectivity index (χ1n) is 4.98. The third-order valence-corrected chi connectivity index (χ3v) is 4.00. The predicted octanol–water partition coefficient (Wildman–Crippen LogP) is 0.874. The number of rotatable bonds is 6. The summed E-state index contributed by atoms with van der Waals surface area (Å²) in [5.41, 5.74) is 0. The lowest BCUT2D eigenvalue weighted by Gasteiger charge is -2.11. The number of benzene rings is 1. The zero-order valence-electron chi connectivity index (χ0n) is 9.56. The quantitative estimate of drug-likeness (QED) is 0.805. The van der Waals surface area contributed by atoms with Gasteiger partial charge in [-0.3, -0.25) is 0 Å². The van der Waals surface area contributed by atoms with Crippen LogP contribution >= 0.6 is 15.9 Å². The van der Waals surface area contributed by atoms with Crippen molar-refractivity contribution in [3.05, 3.63) is 28.5 Å². The lowest BCUT2D eigenvalue weighted by molar-refractivity contribution is 0.0679. The Bertz CT molecular complexity index is 509. The van der Waals surface area contributed by atoms with Gasteiger partial charge in [-0.2, -0.15) is 0 Å². The van der Waals surface area contributed by atoms with Gasteiger partial charge in [-0.25, -0.2) is 17.5 Å². The minimum atomic E-state index is -3.98. The van der Waals surface area contributed by atoms with E-state index in [1.807, 2.05) is 0 Å². The van der Waals surface area contributed by atoms with Crippen LogP contribution in [0, 0.1) is 5.82 Å². The predicted molar refractivity (Wildman–Crippen MR) is 67.2 cm³/mol. The third kappa shape index (κ3) is 4.29. The highest BCUT2D eigenvalue weighted by Crippen LogP contribution is 2.19. The minimum Gasteiger partial charge on any atom is -0.389 e. The number of methoxy groups -OCH3 is 1.